The molecule has 3 saturated carbocycles. The number of carbonyl (C=O) groups is 4. The molecule has 3 aliphatic carbocycles. The van der Waals surface area contributed by atoms with E-state index in [0.717, 1.165) is 31.4 Å². The molecule has 36 heavy (non-hydrogen) atoms. The Morgan fingerprint density at radius 3 is 2.58 bits per heavy atom. The number of ether oxygens (including phenoxy) is 1. The van der Waals surface area contributed by atoms with Crippen LogP contribution >= 0.6 is 11.8 Å². The van der Waals surface area contributed by atoms with Crippen molar-refractivity contribution in [2.45, 2.75) is 76.3 Å². The van der Waals surface area contributed by atoms with Crippen molar-refractivity contribution in [2.75, 3.05) is 5.32 Å². The van der Waals surface area contributed by atoms with Gasteiger partial charge in [-0.3, -0.25) is 14.4 Å². The van der Waals surface area contributed by atoms with Crippen LogP contribution in [-0.4, -0.2) is 55.0 Å². The standard InChI is InChI=1S/C26H31NO8S/c1-12(28)36-18-9-17(30)24(2,22-16-8-13-10-26(18,22)11-25(13,3)35-16)7-6-19(31)27-20-15(29)5-4-14(21(20)32)23(33)34/h4-5,13,16,18,22,29,32H,6-11H2,1-3H3,(H,27,31)(H,33,34)/t13-,16-,18-,22-,24+,25-,26-/m0/s1. The number of carbonyl (C=O) groups excluding carboxylic acids is 3. The van der Waals surface area contributed by atoms with Crippen molar-refractivity contribution in [3.63, 3.8) is 0 Å². The average molecular weight is 518 g/mol. The number of hydrogen-bond acceptors (Lipinski definition) is 8. The first-order chi connectivity index (χ1) is 16.8. The van der Waals surface area contributed by atoms with Crippen molar-refractivity contribution in [3.8, 4) is 11.5 Å². The molecule has 1 spiro atoms. The van der Waals surface area contributed by atoms with Gasteiger partial charge in [0.15, 0.2) is 10.9 Å². The van der Waals surface area contributed by atoms with Crippen LogP contribution in [0.5, 0.6) is 11.5 Å². The van der Waals surface area contributed by atoms with E-state index in [4.69, 9.17) is 4.74 Å². The number of phenols is 2. The van der Waals surface area contributed by atoms with E-state index >= 15 is 0 Å². The molecule has 4 N–H and O–H groups in total. The van der Waals surface area contributed by atoms with E-state index in [1.165, 1.54) is 18.7 Å². The van der Waals surface area contributed by atoms with E-state index in [1.54, 1.807) is 0 Å². The average Bonchev–Trinajstić information content (AvgIpc) is 3.15. The number of rotatable bonds is 6. The lowest BCUT2D eigenvalue weighted by Gasteiger charge is -2.60. The fourth-order valence-electron chi connectivity index (χ4n) is 7.88. The molecule has 2 aliphatic heterocycles. The molecule has 4 bridgehead atoms. The molecule has 6 rings (SSSR count). The van der Waals surface area contributed by atoms with Crippen molar-refractivity contribution in [1.29, 1.82) is 0 Å². The third-order valence-electron chi connectivity index (χ3n) is 9.26. The van der Waals surface area contributed by atoms with Crippen LogP contribution in [0.25, 0.3) is 0 Å². The minimum atomic E-state index is -1.40. The fraction of sp³-hybridized carbons (Fsp3) is 0.615. The summed E-state index contributed by atoms with van der Waals surface area (Å²) in [6.07, 6.45) is 2.93. The molecule has 9 nitrogen and oxygen atoms in total. The molecule has 2 heterocycles. The number of Topliss-reactive ketones (excluding diaryl/α,β-unsaturated/α-hetero) is 1. The topological polar surface area (TPSA) is 150 Å². The highest BCUT2D eigenvalue weighted by Crippen LogP contribution is 2.74. The molecule has 0 unspecified atom stereocenters. The second kappa shape index (κ2) is 8.21. The van der Waals surface area contributed by atoms with Crippen LogP contribution in [-0.2, 0) is 19.1 Å². The highest BCUT2D eigenvalue weighted by molar-refractivity contribution is 8.14. The molecule has 0 aromatic heterocycles. The van der Waals surface area contributed by atoms with E-state index < -0.39 is 34.4 Å². The van der Waals surface area contributed by atoms with Gasteiger partial charge < -0.3 is 25.4 Å². The highest BCUT2D eigenvalue weighted by Gasteiger charge is 2.75. The summed E-state index contributed by atoms with van der Waals surface area (Å²) >= 11 is 1.27. The fourth-order valence-corrected chi connectivity index (χ4v) is 9.07. The highest BCUT2D eigenvalue weighted by atomic mass is 32.2. The van der Waals surface area contributed by atoms with Gasteiger partial charge in [-0.2, -0.15) is 0 Å². The van der Waals surface area contributed by atoms with Crippen molar-refractivity contribution in [2.24, 2.45) is 22.7 Å². The summed E-state index contributed by atoms with van der Waals surface area (Å²) in [4.78, 5) is 49.9. The van der Waals surface area contributed by atoms with E-state index in [9.17, 15) is 34.5 Å². The predicted molar refractivity (Wildman–Crippen MR) is 131 cm³/mol. The van der Waals surface area contributed by atoms with Gasteiger partial charge in [-0.05, 0) is 56.1 Å². The minimum absolute atomic E-state index is 0.000816. The number of benzene rings is 1. The number of thioether (sulfide) groups is 1. The van der Waals surface area contributed by atoms with Crippen molar-refractivity contribution in [1.82, 2.24) is 0 Å². The van der Waals surface area contributed by atoms with Gasteiger partial charge in [-0.15, -0.1) is 0 Å². The van der Waals surface area contributed by atoms with Gasteiger partial charge in [0.05, 0.1) is 11.7 Å². The predicted octanol–water partition coefficient (Wildman–Crippen LogP) is 3.72. The van der Waals surface area contributed by atoms with Gasteiger partial charge in [0.25, 0.3) is 0 Å². The van der Waals surface area contributed by atoms with E-state index in [-0.39, 0.29) is 64.1 Å². The Morgan fingerprint density at radius 1 is 1.22 bits per heavy atom. The van der Waals surface area contributed by atoms with Gasteiger partial charge in [-0.1, -0.05) is 18.7 Å². The number of anilines is 1. The Balaban J connectivity index is 1.39. The van der Waals surface area contributed by atoms with Crippen LogP contribution in [0.3, 0.4) is 0 Å². The summed E-state index contributed by atoms with van der Waals surface area (Å²) in [7, 11) is 0. The lowest BCUT2D eigenvalue weighted by Crippen LogP contribution is -2.63. The van der Waals surface area contributed by atoms with E-state index in [2.05, 4.69) is 12.2 Å². The summed E-state index contributed by atoms with van der Waals surface area (Å²) in [6, 6.07) is 2.13. The Labute approximate surface area is 213 Å². The summed E-state index contributed by atoms with van der Waals surface area (Å²) in [5.74, 6) is -2.82. The molecule has 0 radical (unpaired) electrons. The molecule has 2 saturated heterocycles. The number of ketones is 1. The van der Waals surface area contributed by atoms with Crippen molar-refractivity contribution >= 4 is 40.2 Å². The third kappa shape index (κ3) is 3.55. The van der Waals surface area contributed by atoms with Gasteiger partial charge in [0, 0.05) is 36.3 Å². The van der Waals surface area contributed by atoms with E-state index in [0.29, 0.717) is 5.92 Å². The summed E-state index contributed by atoms with van der Waals surface area (Å²) in [6.45, 7) is 5.59. The number of hydrogen-bond donors (Lipinski definition) is 4. The van der Waals surface area contributed by atoms with Crippen LogP contribution in [0.4, 0.5) is 5.69 Å². The molecule has 5 aliphatic rings. The first-order valence-corrected chi connectivity index (χ1v) is 13.1. The van der Waals surface area contributed by atoms with Crippen LogP contribution in [0.2, 0.25) is 0 Å². The Hall–Kier alpha value is -2.59. The quantitative estimate of drug-likeness (QED) is 0.414. The summed E-state index contributed by atoms with van der Waals surface area (Å²) < 4.78 is 6.50. The molecule has 194 valence electrons. The second-order valence-corrected chi connectivity index (χ2v) is 12.7. The largest absolute Gasteiger partial charge is 0.506 e. The normalized spacial score (nSPS) is 38.1. The maximum atomic E-state index is 13.6. The minimum Gasteiger partial charge on any atom is -0.506 e. The molecular formula is C26H31NO8S. The number of carboxylic acids is 1. The molecular weight excluding hydrogens is 486 g/mol. The van der Waals surface area contributed by atoms with Crippen LogP contribution in [0.15, 0.2) is 12.1 Å². The summed E-state index contributed by atoms with van der Waals surface area (Å²) in [5, 5.41) is 31.8. The SMILES string of the molecule is CC(=O)S[C@H]1CC(=O)[C@@](C)(CCC(=O)Nc2c(O)ccc(C(=O)O)c2O)[C@@H]2[C@@H]3C[C@H]4C[C@]12C[C@]4(C)O3. The number of aromatic hydroxyl groups is 2. The van der Waals surface area contributed by atoms with Crippen molar-refractivity contribution < 1.29 is 39.2 Å². The maximum Gasteiger partial charge on any atom is 0.339 e. The van der Waals surface area contributed by atoms with Crippen LogP contribution in [0, 0.1) is 22.7 Å². The number of carboxylic acid groups (broad SMARTS) is 1. The smallest absolute Gasteiger partial charge is 0.339 e. The molecule has 10 heteroatoms. The Bertz CT molecular complexity index is 1180. The van der Waals surface area contributed by atoms with Gasteiger partial charge in [-0.25, -0.2) is 4.79 Å². The number of phenolic OH excluding ortho intramolecular Hbond substituents is 1. The van der Waals surface area contributed by atoms with Gasteiger partial charge in [0.1, 0.15) is 22.8 Å². The molecule has 7 atom stereocenters. The third-order valence-corrected chi connectivity index (χ3v) is 10.5. The van der Waals surface area contributed by atoms with Crippen LogP contribution in [0.1, 0.15) is 69.7 Å². The zero-order valence-electron chi connectivity index (χ0n) is 20.5. The molecule has 1 aromatic rings. The molecule has 1 amide bonds. The molecule has 5 fully saturated rings. The zero-order chi connectivity index (χ0) is 26.2. The lowest BCUT2D eigenvalue weighted by molar-refractivity contribution is -0.189. The zero-order valence-corrected chi connectivity index (χ0v) is 21.3. The first-order valence-electron chi connectivity index (χ1n) is 12.3. The maximum absolute atomic E-state index is 13.6. The Kier molecular flexibility index (Phi) is 5.72. The van der Waals surface area contributed by atoms with Gasteiger partial charge >= 0.3 is 5.97 Å². The molecule has 1 aromatic carbocycles. The number of aromatic carboxylic acids is 1. The van der Waals surface area contributed by atoms with E-state index in [1.807, 2.05) is 6.92 Å². The summed E-state index contributed by atoms with van der Waals surface area (Å²) in [5.41, 5.74) is -2.10. The monoisotopic (exact) mass is 517 g/mol. The Morgan fingerprint density at radius 2 is 1.94 bits per heavy atom. The number of nitrogens with one attached hydrogen (secondary N) is 1. The lowest BCUT2D eigenvalue weighted by atomic mass is 9.48. The van der Waals surface area contributed by atoms with Gasteiger partial charge in [0.2, 0.25) is 5.91 Å². The second-order valence-electron chi connectivity index (χ2n) is 11.3. The van der Waals surface area contributed by atoms with Crippen LogP contribution < -0.4 is 5.32 Å². The number of amides is 1. The van der Waals surface area contributed by atoms with Crippen molar-refractivity contribution in [3.05, 3.63) is 17.7 Å². The first kappa shape index (κ1) is 25.1.